The van der Waals surface area contributed by atoms with E-state index in [1.54, 1.807) is 23.7 Å². The van der Waals surface area contributed by atoms with Gasteiger partial charge in [-0.3, -0.25) is 19.9 Å². The van der Waals surface area contributed by atoms with E-state index in [1.807, 2.05) is 4.90 Å². The fraction of sp³-hybridized carbons (Fsp3) is 0.429. The van der Waals surface area contributed by atoms with Gasteiger partial charge in [0.15, 0.2) is 0 Å². The molecule has 2 aromatic carbocycles. The first kappa shape index (κ1) is 28.6. The second-order valence-corrected chi connectivity index (χ2v) is 9.76. The van der Waals surface area contributed by atoms with Crippen LogP contribution in [0.3, 0.4) is 0 Å². The number of hydrogen-bond donors (Lipinski definition) is 3. The van der Waals surface area contributed by atoms with Crippen LogP contribution in [0.1, 0.15) is 43.0 Å². The molecule has 2 heterocycles. The first-order chi connectivity index (χ1) is 18.8. The Kier molecular flexibility index (Phi) is 9.26. The third kappa shape index (κ3) is 6.60. The normalized spacial score (nSPS) is 16.2. The number of aromatic nitrogens is 1. The smallest absolute Gasteiger partial charge is 0.249 e. The van der Waals surface area contributed by atoms with Crippen LogP contribution in [0.15, 0.2) is 42.6 Å². The lowest BCUT2D eigenvalue weighted by atomic mass is 9.73. The Morgan fingerprint density at radius 3 is 2.51 bits per heavy atom. The minimum Gasteiger partial charge on any atom is -0.497 e. The van der Waals surface area contributed by atoms with Crippen molar-refractivity contribution in [2.75, 3.05) is 33.4 Å². The van der Waals surface area contributed by atoms with Crippen LogP contribution < -0.4 is 15.0 Å². The van der Waals surface area contributed by atoms with Crippen molar-refractivity contribution in [1.29, 1.82) is 0 Å². The van der Waals surface area contributed by atoms with Gasteiger partial charge < -0.3 is 14.6 Å². The average Bonchev–Trinajstić information content (AvgIpc) is 2.94. The molecule has 0 bridgehead atoms. The van der Waals surface area contributed by atoms with Gasteiger partial charge in [-0.1, -0.05) is 0 Å². The van der Waals surface area contributed by atoms with E-state index in [1.165, 1.54) is 13.3 Å². The lowest BCUT2D eigenvalue weighted by Crippen LogP contribution is -2.49. The van der Waals surface area contributed by atoms with Gasteiger partial charge in [0.2, 0.25) is 5.91 Å². The van der Waals surface area contributed by atoms with E-state index in [4.69, 9.17) is 9.47 Å². The SMILES string of the molecule is COc1ccc2ncc(CO)c([C@H](F)CCC3(C(=O)NO)CCN(CCOc4cc(F)cc(F)c4)CC3)c2c1. The lowest BCUT2D eigenvalue weighted by molar-refractivity contribution is -0.143. The highest BCUT2D eigenvalue weighted by Crippen LogP contribution is 2.41. The third-order valence-corrected chi connectivity index (χ3v) is 7.47. The number of aliphatic hydroxyl groups is 1. The predicted molar refractivity (Wildman–Crippen MR) is 137 cm³/mol. The summed E-state index contributed by atoms with van der Waals surface area (Å²) in [5.41, 5.74) is 2.00. The van der Waals surface area contributed by atoms with E-state index in [2.05, 4.69) is 4.98 Å². The first-order valence-electron chi connectivity index (χ1n) is 12.7. The average molecular weight is 548 g/mol. The molecule has 4 rings (SSSR count). The van der Waals surface area contributed by atoms with Gasteiger partial charge in [-0.05, 0) is 57.0 Å². The van der Waals surface area contributed by atoms with Gasteiger partial charge in [0.05, 0.1) is 24.6 Å². The van der Waals surface area contributed by atoms with E-state index in [0.29, 0.717) is 60.3 Å². The summed E-state index contributed by atoms with van der Waals surface area (Å²) >= 11 is 0. The number of nitrogens with one attached hydrogen (secondary N) is 1. The molecule has 0 aliphatic carbocycles. The number of rotatable bonds is 11. The van der Waals surface area contributed by atoms with Crippen LogP contribution in [0.25, 0.3) is 10.9 Å². The minimum atomic E-state index is -1.49. The number of carbonyl (C=O) groups excluding carboxylic acids is 1. The molecule has 11 heteroatoms. The van der Waals surface area contributed by atoms with Gasteiger partial charge in [-0.25, -0.2) is 18.7 Å². The summed E-state index contributed by atoms with van der Waals surface area (Å²) in [6.45, 7) is 1.24. The number of benzene rings is 2. The number of aliphatic hydroxyl groups excluding tert-OH is 1. The van der Waals surface area contributed by atoms with Crippen LogP contribution in [-0.2, 0) is 11.4 Å². The monoisotopic (exact) mass is 547 g/mol. The zero-order valence-corrected chi connectivity index (χ0v) is 21.6. The number of hydrogen-bond acceptors (Lipinski definition) is 7. The quantitative estimate of drug-likeness (QED) is 0.240. The highest BCUT2D eigenvalue weighted by molar-refractivity contribution is 5.85. The van der Waals surface area contributed by atoms with Crippen molar-refractivity contribution in [3.8, 4) is 11.5 Å². The summed E-state index contributed by atoms with van der Waals surface area (Å²) in [6, 6.07) is 8.10. The van der Waals surface area contributed by atoms with E-state index < -0.39 is 35.7 Å². The Labute approximate surface area is 224 Å². The summed E-state index contributed by atoms with van der Waals surface area (Å²) in [5, 5.41) is 19.8. The van der Waals surface area contributed by atoms with Gasteiger partial charge in [-0.15, -0.1) is 0 Å². The topological polar surface area (TPSA) is 104 Å². The molecule has 1 aliphatic rings. The molecule has 3 aromatic rings. The van der Waals surface area contributed by atoms with Gasteiger partial charge in [0.1, 0.15) is 35.9 Å². The number of halogens is 3. The van der Waals surface area contributed by atoms with Gasteiger partial charge >= 0.3 is 0 Å². The molecule has 0 radical (unpaired) electrons. The maximum atomic E-state index is 15.8. The number of nitrogens with zero attached hydrogens (tertiary/aromatic N) is 2. The van der Waals surface area contributed by atoms with Crippen LogP contribution in [0.2, 0.25) is 0 Å². The van der Waals surface area contributed by atoms with E-state index in [-0.39, 0.29) is 25.2 Å². The molecule has 1 amide bonds. The van der Waals surface area contributed by atoms with Crippen molar-refractivity contribution in [3.63, 3.8) is 0 Å². The van der Waals surface area contributed by atoms with Crippen molar-refractivity contribution in [1.82, 2.24) is 15.4 Å². The van der Waals surface area contributed by atoms with Crippen molar-refractivity contribution in [2.45, 2.75) is 38.5 Å². The Morgan fingerprint density at radius 2 is 1.87 bits per heavy atom. The summed E-state index contributed by atoms with van der Waals surface area (Å²) in [6.07, 6.45) is 0.867. The molecule has 1 fully saturated rings. The zero-order chi connectivity index (χ0) is 28.0. The van der Waals surface area contributed by atoms with Gasteiger partial charge in [0, 0.05) is 47.5 Å². The largest absolute Gasteiger partial charge is 0.497 e. The second kappa shape index (κ2) is 12.6. The standard InChI is InChI=1S/C28H32F3N3O5/c1-38-21-2-3-25-23(15-21)26(18(17-35)16-32-25)24(31)4-5-28(27(36)33-37)6-8-34(9-7-28)10-11-39-22-13-19(29)12-20(30)14-22/h2-3,12-16,24,35,37H,4-11,17H2,1H3,(H,33,36)/t24-/m1/s1. The Bertz CT molecular complexity index is 1280. The number of amides is 1. The first-order valence-corrected chi connectivity index (χ1v) is 12.7. The number of methoxy groups -OCH3 is 1. The molecule has 1 atom stereocenters. The molecule has 39 heavy (non-hydrogen) atoms. The lowest BCUT2D eigenvalue weighted by Gasteiger charge is -2.40. The van der Waals surface area contributed by atoms with Crippen LogP contribution >= 0.6 is 0 Å². The fourth-order valence-corrected chi connectivity index (χ4v) is 5.22. The molecule has 1 aromatic heterocycles. The molecule has 1 aliphatic heterocycles. The summed E-state index contributed by atoms with van der Waals surface area (Å²) < 4.78 is 53.3. The molecule has 8 nitrogen and oxygen atoms in total. The third-order valence-electron chi connectivity index (χ3n) is 7.47. The molecular formula is C28H32F3N3O5. The Hall–Kier alpha value is -3.41. The molecule has 1 saturated heterocycles. The molecule has 210 valence electrons. The fourth-order valence-electron chi connectivity index (χ4n) is 5.22. The Morgan fingerprint density at radius 1 is 1.15 bits per heavy atom. The van der Waals surface area contributed by atoms with Crippen molar-refractivity contribution in [3.05, 3.63) is 65.4 Å². The number of likely N-dealkylation sites (tertiary alicyclic amines) is 1. The number of hydroxylamine groups is 1. The molecule has 0 saturated carbocycles. The van der Waals surface area contributed by atoms with Gasteiger partial charge in [-0.2, -0.15) is 0 Å². The molecule has 0 spiro atoms. The zero-order valence-electron chi connectivity index (χ0n) is 21.6. The van der Waals surface area contributed by atoms with Crippen molar-refractivity contribution >= 4 is 16.8 Å². The summed E-state index contributed by atoms with van der Waals surface area (Å²) in [4.78, 5) is 19.1. The number of carbonyl (C=O) groups is 1. The van der Waals surface area contributed by atoms with Crippen LogP contribution in [0.4, 0.5) is 13.2 Å². The van der Waals surface area contributed by atoms with Crippen LogP contribution in [0, 0.1) is 17.0 Å². The summed E-state index contributed by atoms with van der Waals surface area (Å²) in [5.74, 6) is -1.39. The number of pyridine rings is 1. The van der Waals surface area contributed by atoms with Crippen molar-refractivity contribution < 1.29 is 37.8 Å². The predicted octanol–water partition coefficient (Wildman–Crippen LogP) is 4.47. The second-order valence-electron chi connectivity index (χ2n) is 9.76. The van der Waals surface area contributed by atoms with Crippen LogP contribution in [-0.4, -0.2) is 59.5 Å². The maximum Gasteiger partial charge on any atom is 0.249 e. The number of piperidine rings is 1. The number of ether oxygens (including phenoxy) is 2. The maximum absolute atomic E-state index is 15.8. The highest BCUT2D eigenvalue weighted by atomic mass is 19.1. The van der Waals surface area contributed by atoms with E-state index in [9.17, 15) is 23.9 Å². The number of fused-ring (bicyclic) bond motifs is 1. The molecular weight excluding hydrogens is 515 g/mol. The van der Waals surface area contributed by atoms with Crippen molar-refractivity contribution in [2.24, 2.45) is 5.41 Å². The highest BCUT2D eigenvalue weighted by Gasteiger charge is 2.41. The summed E-state index contributed by atoms with van der Waals surface area (Å²) in [7, 11) is 1.51. The van der Waals surface area contributed by atoms with E-state index in [0.717, 1.165) is 18.2 Å². The molecule has 0 unspecified atom stereocenters. The minimum absolute atomic E-state index is 0.00894. The van der Waals surface area contributed by atoms with Gasteiger partial charge in [0.25, 0.3) is 0 Å². The number of alkyl halides is 1. The molecule has 3 N–H and O–H groups in total. The van der Waals surface area contributed by atoms with Crippen LogP contribution in [0.5, 0.6) is 11.5 Å². The Balaban J connectivity index is 1.41. The van der Waals surface area contributed by atoms with E-state index >= 15 is 4.39 Å².